The van der Waals surface area contributed by atoms with E-state index in [0.29, 0.717) is 16.3 Å². The highest BCUT2D eigenvalue weighted by atomic mass is 35.5. The third kappa shape index (κ3) is 9.52. The van der Waals surface area contributed by atoms with Crippen molar-refractivity contribution in [1.29, 1.82) is 0 Å². The number of nitro groups is 1. The highest BCUT2D eigenvalue weighted by Gasteiger charge is 2.36. The highest BCUT2D eigenvalue weighted by molar-refractivity contribution is 7.92. The molecule has 50 heavy (non-hydrogen) atoms. The zero-order valence-electron chi connectivity index (χ0n) is 28.2. The largest absolute Gasteiger partial charge is 0.497 e. The van der Waals surface area contributed by atoms with Gasteiger partial charge in [-0.2, -0.15) is 0 Å². The summed E-state index contributed by atoms with van der Waals surface area (Å²) in [6.45, 7) is 6.05. The van der Waals surface area contributed by atoms with Gasteiger partial charge in [0.25, 0.3) is 15.7 Å². The summed E-state index contributed by atoms with van der Waals surface area (Å²) in [6.07, 6.45) is 0.106. The number of carbonyl (C=O) groups is 2. The van der Waals surface area contributed by atoms with Gasteiger partial charge in [0.05, 0.1) is 32.7 Å². The maximum absolute atomic E-state index is 14.7. The number of aryl methyl sites for hydroxylation is 1. The third-order valence-corrected chi connectivity index (χ3v) is 10.2. The van der Waals surface area contributed by atoms with Crippen LogP contribution in [-0.2, 0) is 32.6 Å². The zero-order chi connectivity index (χ0) is 36.8. The molecule has 0 aliphatic carbocycles. The molecular weight excluding hydrogens is 703 g/mol. The van der Waals surface area contributed by atoms with Crippen molar-refractivity contribution in [2.75, 3.05) is 18.0 Å². The van der Waals surface area contributed by atoms with Crippen molar-refractivity contribution in [2.24, 2.45) is 0 Å². The first-order valence-electron chi connectivity index (χ1n) is 15.5. The first-order chi connectivity index (χ1) is 23.5. The lowest BCUT2D eigenvalue weighted by Crippen LogP contribution is -2.56. The fraction of sp³-hybridized carbons (Fsp3) is 0.278. The molecule has 0 bridgehead atoms. The number of ether oxygens (including phenoxy) is 1. The van der Waals surface area contributed by atoms with Crippen LogP contribution in [0.2, 0.25) is 10.0 Å². The lowest BCUT2D eigenvalue weighted by Gasteiger charge is -2.35. The Morgan fingerprint density at radius 1 is 0.920 bits per heavy atom. The minimum Gasteiger partial charge on any atom is -0.497 e. The van der Waals surface area contributed by atoms with Crippen molar-refractivity contribution in [3.63, 3.8) is 0 Å². The van der Waals surface area contributed by atoms with Crippen LogP contribution in [0.3, 0.4) is 0 Å². The third-order valence-electron chi connectivity index (χ3n) is 7.71. The lowest BCUT2D eigenvalue weighted by molar-refractivity contribution is -0.385. The van der Waals surface area contributed by atoms with Gasteiger partial charge < -0.3 is 15.0 Å². The van der Waals surface area contributed by atoms with Crippen LogP contribution in [-0.4, -0.2) is 55.3 Å². The van der Waals surface area contributed by atoms with Gasteiger partial charge in [-0.25, -0.2) is 8.42 Å². The molecule has 0 unspecified atom stereocenters. The van der Waals surface area contributed by atoms with Crippen molar-refractivity contribution < 1.29 is 27.7 Å². The van der Waals surface area contributed by atoms with E-state index < -0.39 is 50.6 Å². The molecule has 0 aliphatic rings. The highest BCUT2D eigenvalue weighted by Crippen LogP contribution is 2.30. The van der Waals surface area contributed by atoms with Crippen molar-refractivity contribution in [2.45, 2.75) is 57.1 Å². The molecule has 11 nitrogen and oxygen atoms in total. The van der Waals surface area contributed by atoms with Crippen LogP contribution in [0.1, 0.15) is 37.5 Å². The zero-order valence-corrected chi connectivity index (χ0v) is 30.6. The van der Waals surface area contributed by atoms with Gasteiger partial charge in [0.2, 0.25) is 11.8 Å². The van der Waals surface area contributed by atoms with Crippen LogP contribution in [0, 0.1) is 17.0 Å². The standard InChI is InChI=1S/C36H38Cl2N4O7S/c1-24-11-17-29(21-32(24)42(45)46)50(47,48)41(27-13-15-28(49-5)16-14-27)23-34(43)40(22-26-12-18-30(37)31(38)19-26)33(35(44)39-36(2,3)4)20-25-9-7-6-8-10-25/h6-19,21,33H,20,22-23H2,1-5H3,(H,39,44)/t33-/m1/s1. The van der Waals surface area contributed by atoms with E-state index in [1.54, 1.807) is 18.2 Å². The van der Waals surface area contributed by atoms with Gasteiger partial charge in [-0.15, -0.1) is 0 Å². The molecule has 4 aromatic rings. The SMILES string of the molecule is COc1ccc(N(CC(=O)N(Cc2ccc(Cl)c(Cl)c2)[C@H](Cc2ccccc2)C(=O)NC(C)(C)C)S(=O)(=O)c2ccc(C)c([N+](=O)[O-])c2)cc1. The van der Waals surface area contributed by atoms with Gasteiger partial charge >= 0.3 is 0 Å². The number of hydrogen-bond donors (Lipinski definition) is 1. The van der Waals surface area contributed by atoms with Crippen LogP contribution in [0.15, 0.2) is 95.9 Å². The van der Waals surface area contributed by atoms with E-state index in [1.807, 2.05) is 51.1 Å². The molecule has 0 spiro atoms. The number of nitrogens with one attached hydrogen (secondary N) is 1. The Kier molecular flexibility index (Phi) is 12.2. The Morgan fingerprint density at radius 2 is 1.58 bits per heavy atom. The van der Waals surface area contributed by atoms with E-state index in [0.717, 1.165) is 15.9 Å². The quantitative estimate of drug-likeness (QED) is 0.115. The monoisotopic (exact) mass is 740 g/mol. The second kappa shape index (κ2) is 15.9. The number of nitro benzene ring substituents is 1. The van der Waals surface area contributed by atoms with E-state index >= 15 is 0 Å². The van der Waals surface area contributed by atoms with Gasteiger partial charge in [0.1, 0.15) is 18.3 Å². The molecule has 0 aromatic heterocycles. The average Bonchev–Trinajstić information content (AvgIpc) is 3.06. The van der Waals surface area contributed by atoms with Crippen LogP contribution in [0.25, 0.3) is 0 Å². The summed E-state index contributed by atoms with van der Waals surface area (Å²) < 4.78 is 34.8. The summed E-state index contributed by atoms with van der Waals surface area (Å²) in [6, 6.07) is 22.4. The Balaban J connectivity index is 1.87. The minimum absolute atomic E-state index is 0.0932. The van der Waals surface area contributed by atoms with Crippen molar-refractivity contribution >= 4 is 56.4 Å². The summed E-state index contributed by atoms with van der Waals surface area (Å²) in [7, 11) is -3.14. The summed E-state index contributed by atoms with van der Waals surface area (Å²) >= 11 is 12.5. The predicted molar refractivity (Wildman–Crippen MR) is 194 cm³/mol. The summed E-state index contributed by atoms with van der Waals surface area (Å²) in [5.74, 6) is -0.740. The van der Waals surface area contributed by atoms with Gasteiger partial charge in [0.15, 0.2) is 0 Å². The van der Waals surface area contributed by atoms with Crippen molar-refractivity contribution in [3.8, 4) is 5.75 Å². The number of methoxy groups -OCH3 is 1. The van der Waals surface area contributed by atoms with Gasteiger partial charge in [-0.1, -0.05) is 65.7 Å². The molecule has 4 aromatic carbocycles. The Bertz CT molecular complexity index is 1970. The van der Waals surface area contributed by atoms with E-state index in [2.05, 4.69) is 5.32 Å². The molecule has 0 fully saturated rings. The first kappa shape index (κ1) is 38.2. The smallest absolute Gasteiger partial charge is 0.273 e. The number of sulfonamides is 1. The number of halogens is 2. The number of benzene rings is 4. The Labute approximate surface area is 302 Å². The summed E-state index contributed by atoms with van der Waals surface area (Å²) in [5, 5.41) is 15.2. The van der Waals surface area contributed by atoms with Crippen LogP contribution < -0.4 is 14.4 Å². The van der Waals surface area contributed by atoms with Crippen molar-refractivity contribution in [1.82, 2.24) is 10.2 Å². The second-order valence-electron chi connectivity index (χ2n) is 12.6. The van der Waals surface area contributed by atoms with Gasteiger partial charge in [-0.05, 0) is 81.3 Å². The molecule has 0 saturated carbocycles. The Morgan fingerprint density at radius 3 is 2.16 bits per heavy atom. The fourth-order valence-electron chi connectivity index (χ4n) is 5.19. The topological polar surface area (TPSA) is 139 Å². The molecule has 0 radical (unpaired) electrons. The van der Waals surface area contributed by atoms with E-state index in [-0.39, 0.29) is 34.1 Å². The summed E-state index contributed by atoms with van der Waals surface area (Å²) in [4.78, 5) is 40.7. The normalized spacial score (nSPS) is 12.1. The average molecular weight is 742 g/mol. The number of nitrogens with zero attached hydrogens (tertiary/aromatic N) is 3. The molecule has 264 valence electrons. The van der Waals surface area contributed by atoms with E-state index in [1.165, 1.54) is 55.3 Å². The molecule has 1 N–H and O–H groups in total. The molecule has 0 heterocycles. The molecule has 1 atom stereocenters. The van der Waals surface area contributed by atoms with E-state index in [9.17, 15) is 28.1 Å². The molecule has 4 rings (SSSR count). The number of amides is 2. The van der Waals surface area contributed by atoms with Gasteiger partial charge in [-0.3, -0.25) is 24.0 Å². The molecular formula is C36H38Cl2N4O7S. The molecule has 14 heteroatoms. The minimum atomic E-state index is -4.59. The van der Waals surface area contributed by atoms with Crippen molar-refractivity contribution in [3.05, 3.63) is 128 Å². The van der Waals surface area contributed by atoms with Crippen LogP contribution >= 0.6 is 23.2 Å². The van der Waals surface area contributed by atoms with Crippen LogP contribution in [0.4, 0.5) is 11.4 Å². The molecule has 2 amide bonds. The molecule has 0 aliphatic heterocycles. The lowest BCUT2D eigenvalue weighted by atomic mass is 10.0. The maximum Gasteiger partial charge on any atom is 0.273 e. The summed E-state index contributed by atoms with van der Waals surface area (Å²) in [5.41, 5.74) is 0.610. The predicted octanol–water partition coefficient (Wildman–Crippen LogP) is 6.97. The fourth-order valence-corrected chi connectivity index (χ4v) is 6.95. The van der Waals surface area contributed by atoms with Gasteiger partial charge in [0, 0.05) is 30.1 Å². The number of rotatable bonds is 13. The van der Waals surface area contributed by atoms with Crippen LogP contribution in [0.5, 0.6) is 5.75 Å². The number of carbonyl (C=O) groups excluding carboxylic acids is 2. The number of hydrogen-bond acceptors (Lipinski definition) is 7. The second-order valence-corrected chi connectivity index (χ2v) is 15.3. The molecule has 0 saturated heterocycles. The first-order valence-corrected chi connectivity index (χ1v) is 17.7. The Hall–Kier alpha value is -4.65. The number of anilines is 1. The van der Waals surface area contributed by atoms with E-state index in [4.69, 9.17) is 27.9 Å². The maximum atomic E-state index is 14.7.